The van der Waals surface area contributed by atoms with Gasteiger partial charge in [0.15, 0.2) is 0 Å². The molecule has 2 N–H and O–H groups in total. The van der Waals surface area contributed by atoms with Crippen molar-refractivity contribution in [1.82, 2.24) is 10.0 Å². The van der Waals surface area contributed by atoms with E-state index in [1.165, 1.54) is 11.8 Å². The van der Waals surface area contributed by atoms with Crippen LogP contribution in [0, 0.1) is 0 Å². The second kappa shape index (κ2) is 10.1. The largest absolute Gasteiger partial charge is 0.494 e. The average Bonchev–Trinajstić information content (AvgIpc) is 2.66. The van der Waals surface area contributed by atoms with Crippen LogP contribution in [0.2, 0.25) is 5.21 Å². The lowest BCUT2D eigenvalue weighted by molar-refractivity contribution is 0.00189. The first-order valence-corrected chi connectivity index (χ1v) is 13.1. The number of para-hydroxylation sites is 1. The standard InChI is InChI=1S/C21H36B2N2O4S/c1-3-28-20-9-5-4-7-16(20)17-11-10-15(13-21(17,22)23)29-14-19-18(8-6-12-24-19)25-30(2,26)27/h4-5,7,9,15,17-19,24-25H,3,6,8,10-14,22-23H2,1-2H3/t15-,17-,18-,19-/m0/s1. The highest BCUT2D eigenvalue weighted by Gasteiger charge is 2.39. The zero-order valence-corrected chi connectivity index (χ0v) is 19.6. The molecule has 2 fully saturated rings. The Balaban J connectivity index is 1.60. The molecule has 1 aromatic carbocycles. The molecular formula is C21H36B2N2O4S. The fourth-order valence-corrected chi connectivity index (χ4v) is 5.96. The number of benzene rings is 1. The highest BCUT2D eigenvalue weighted by molar-refractivity contribution is 7.88. The Hall–Kier alpha value is -1.02. The number of hydrogen-bond donors (Lipinski definition) is 2. The minimum Gasteiger partial charge on any atom is -0.494 e. The molecule has 2 aliphatic rings. The molecule has 3 rings (SSSR count). The van der Waals surface area contributed by atoms with Gasteiger partial charge in [0.2, 0.25) is 10.0 Å². The maximum absolute atomic E-state index is 11.7. The second-order valence-corrected chi connectivity index (χ2v) is 11.2. The van der Waals surface area contributed by atoms with E-state index in [2.05, 4.69) is 43.9 Å². The van der Waals surface area contributed by atoms with Gasteiger partial charge in [0.1, 0.15) is 21.4 Å². The lowest BCUT2D eigenvalue weighted by atomic mass is 9.42. The van der Waals surface area contributed by atoms with Gasteiger partial charge in [0.25, 0.3) is 0 Å². The molecule has 9 heteroatoms. The second-order valence-electron chi connectivity index (χ2n) is 9.45. The molecule has 0 aromatic heterocycles. The lowest BCUT2D eigenvalue weighted by Gasteiger charge is -2.44. The molecule has 0 radical (unpaired) electrons. The number of piperidine rings is 1. The summed E-state index contributed by atoms with van der Waals surface area (Å²) in [7, 11) is 1.42. The molecule has 4 atom stereocenters. The first-order chi connectivity index (χ1) is 14.2. The van der Waals surface area contributed by atoms with Gasteiger partial charge in [-0.3, -0.25) is 0 Å². The summed E-state index contributed by atoms with van der Waals surface area (Å²) in [5, 5.41) is 3.54. The van der Waals surface area contributed by atoms with Crippen LogP contribution in [-0.2, 0) is 14.8 Å². The third kappa shape index (κ3) is 6.25. The molecule has 6 nitrogen and oxygen atoms in total. The number of rotatable bonds is 8. The first kappa shape index (κ1) is 23.6. The summed E-state index contributed by atoms with van der Waals surface area (Å²) in [6.45, 7) is 4.14. The zero-order valence-electron chi connectivity index (χ0n) is 18.8. The van der Waals surface area contributed by atoms with Crippen LogP contribution >= 0.6 is 0 Å². The van der Waals surface area contributed by atoms with Crippen LogP contribution in [0.5, 0.6) is 5.75 Å². The fraction of sp³-hybridized carbons (Fsp3) is 0.714. The van der Waals surface area contributed by atoms with E-state index in [0.29, 0.717) is 19.1 Å². The van der Waals surface area contributed by atoms with Gasteiger partial charge in [-0.25, -0.2) is 13.1 Å². The SMILES string of the molecule is BC1(B)C[C@@H](OC[C@@H]2NCCC[C@@H]2NS(C)(=O)=O)CC[C@H]1c1ccccc1OCC. The van der Waals surface area contributed by atoms with E-state index in [4.69, 9.17) is 9.47 Å². The van der Waals surface area contributed by atoms with Crippen LogP contribution in [0.3, 0.4) is 0 Å². The topological polar surface area (TPSA) is 76.7 Å². The van der Waals surface area contributed by atoms with Crippen molar-refractivity contribution in [3.8, 4) is 5.75 Å². The average molecular weight is 434 g/mol. The van der Waals surface area contributed by atoms with Crippen molar-refractivity contribution in [2.45, 2.75) is 68.3 Å². The van der Waals surface area contributed by atoms with Crippen molar-refractivity contribution in [1.29, 1.82) is 0 Å². The Bertz CT molecular complexity index is 806. The van der Waals surface area contributed by atoms with Gasteiger partial charge in [-0.05, 0) is 63.1 Å². The third-order valence-corrected chi connectivity index (χ3v) is 7.26. The Morgan fingerprint density at radius 2 is 2.00 bits per heavy atom. The van der Waals surface area contributed by atoms with E-state index in [1.807, 2.05) is 13.0 Å². The van der Waals surface area contributed by atoms with Gasteiger partial charge in [0, 0.05) is 12.1 Å². The van der Waals surface area contributed by atoms with Crippen molar-refractivity contribution < 1.29 is 17.9 Å². The summed E-state index contributed by atoms with van der Waals surface area (Å²) in [6, 6.07) is 8.32. The Morgan fingerprint density at radius 1 is 1.23 bits per heavy atom. The molecule has 1 saturated heterocycles. The van der Waals surface area contributed by atoms with Crippen LogP contribution in [-0.4, -0.2) is 68.3 Å². The number of sulfonamides is 1. The summed E-state index contributed by atoms with van der Waals surface area (Å²) in [5.41, 5.74) is 1.30. The smallest absolute Gasteiger partial charge is 0.209 e. The van der Waals surface area contributed by atoms with Crippen molar-refractivity contribution in [3.05, 3.63) is 29.8 Å². The maximum Gasteiger partial charge on any atom is 0.209 e. The summed E-state index contributed by atoms with van der Waals surface area (Å²) in [5.74, 6) is 1.44. The van der Waals surface area contributed by atoms with Gasteiger partial charge in [-0.15, -0.1) is 0 Å². The molecule has 1 aliphatic carbocycles. The Morgan fingerprint density at radius 3 is 2.70 bits per heavy atom. The predicted molar refractivity (Wildman–Crippen MR) is 127 cm³/mol. The predicted octanol–water partition coefficient (Wildman–Crippen LogP) is 0.790. The minimum atomic E-state index is -3.22. The highest BCUT2D eigenvalue weighted by Crippen LogP contribution is 2.51. The van der Waals surface area contributed by atoms with E-state index in [-0.39, 0.29) is 23.4 Å². The van der Waals surface area contributed by atoms with Gasteiger partial charge in [0.05, 0.1) is 25.6 Å². The Labute approximate surface area is 183 Å². The van der Waals surface area contributed by atoms with Gasteiger partial charge in [-0.1, -0.05) is 23.4 Å². The van der Waals surface area contributed by atoms with E-state index >= 15 is 0 Å². The van der Waals surface area contributed by atoms with Crippen molar-refractivity contribution in [2.24, 2.45) is 0 Å². The van der Waals surface area contributed by atoms with Crippen molar-refractivity contribution in [3.63, 3.8) is 0 Å². The zero-order chi connectivity index (χ0) is 21.8. The molecule has 0 bridgehead atoms. The molecule has 30 heavy (non-hydrogen) atoms. The highest BCUT2D eigenvalue weighted by atomic mass is 32.2. The molecular weight excluding hydrogens is 398 g/mol. The summed E-state index contributed by atoms with van der Waals surface area (Å²) >= 11 is 0. The summed E-state index contributed by atoms with van der Waals surface area (Å²) in [4.78, 5) is 0. The van der Waals surface area contributed by atoms with Crippen molar-refractivity contribution >= 4 is 25.7 Å². The molecule has 1 aromatic rings. The van der Waals surface area contributed by atoms with E-state index in [1.54, 1.807) is 0 Å². The monoisotopic (exact) mass is 434 g/mol. The fourth-order valence-electron chi connectivity index (χ4n) is 5.13. The van der Waals surface area contributed by atoms with Gasteiger partial charge in [-0.2, -0.15) is 0 Å². The third-order valence-electron chi connectivity index (χ3n) is 6.53. The van der Waals surface area contributed by atoms with Crippen molar-refractivity contribution in [2.75, 3.05) is 26.0 Å². The molecule has 166 valence electrons. The molecule has 0 amide bonds. The van der Waals surface area contributed by atoms with Crippen LogP contribution in [0.25, 0.3) is 0 Å². The molecule has 0 unspecified atom stereocenters. The maximum atomic E-state index is 11.7. The minimum absolute atomic E-state index is 0.0213. The number of nitrogens with one attached hydrogen (secondary N) is 2. The molecule has 1 saturated carbocycles. The molecule has 0 spiro atoms. The van der Waals surface area contributed by atoms with Crippen LogP contribution < -0.4 is 14.8 Å². The van der Waals surface area contributed by atoms with Crippen LogP contribution in [0.4, 0.5) is 0 Å². The number of hydrogen-bond acceptors (Lipinski definition) is 5. The van der Waals surface area contributed by atoms with E-state index < -0.39 is 10.0 Å². The summed E-state index contributed by atoms with van der Waals surface area (Å²) in [6.07, 6.45) is 6.29. The Kier molecular flexibility index (Phi) is 7.93. The molecule has 1 heterocycles. The van der Waals surface area contributed by atoms with Gasteiger partial charge >= 0.3 is 0 Å². The lowest BCUT2D eigenvalue weighted by Crippen LogP contribution is -2.55. The number of ether oxygens (including phenoxy) is 2. The quantitative estimate of drug-likeness (QED) is 0.592. The van der Waals surface area contributed by atoms with Crippen LogP contribution in [0.1, 0.15) is 50.5 Å². The molecule has 1 aliphatic heterocycles. The summed E-state index contributed by atoms with van der Waals surface area (Å²) < 4.78 is 38.4. The first-order valence-electron chi connectivity index (χ1n) is 11.2. The van der Waals surface area contributed by atoms with E-state index in [9.17, 15) is 8.42 Å². The van der Waals surface area contributed by atoms with E-state index in [0.717, 1.165) is 44.4 Å². The normalized spacial score (nSPS) is 29.4. The van der Waals surface area contributed by atoms with Gasteiger partial charge < -0.3 is 14.8 Å². The van der Waals surface area contributed by atoms with Crippen LogP contribution in [0.15, 0.2) is 24.3 Å².